The first-order chi connectivity index (χ1) is 8.56. The lowest BCUT2D eigenvalue weighted by molar-refractivity contribution is 0.303. The molecule has 2 aromatic rings. The summed E-state index contributed by atoms with van der Waals surface area (Å²) in [7, 11) is 3.96. The SMILES string of the molecule is Cc1occc1CN(C)CC(N)c1cnn(C)c1. The number of nitrogens with two attached hydrogens (primary N) is 1. The number of nitrogens with zero attached hydrogens (tertiary/aromatic N) is 3. The zero-order chi connectivity index (χ0) is 13.1. The molecule has 0 aromatic carbocycles. The van der Waals surface area contributed by atoms with Crippen molar-refractivity contribution in [1.29, 1.82) is 0 Å². The van der Waals surface area contributed by atoms with E-state index in [9.17, 15) is 0 Å². The molecule has 2 aromatic heterocycles. The fourth-order valence-corrected chi connectivity index (χ4v) is 2.00. The van der Waals surface area contributed by atoms with Gasteiger partial charge in [0.05, 0.1) is 12.5 Å². The molecular formula is C13H20N4O. The summed E-state index contributed by atoms with van der Waals surface area (Å²) in [5.74, 6) is 0.969. The smallest absolute Gasteiger partial charge is 0.105 e. The summed E-state index contributed by atoms with van der Waals surface area (Å²) in [6, 6.07) is 1.98. The number of aromatic nitrogens is 2. The molecule has 0 spiro atoms. The van der Waals surface area contributed by atoms with Gasteiger partial charge < -0.3 is 15.1 Å². The summed E-state index contributed by atoms with van der Waals surface area (Å²) in [5.41, 5.74) is 8.43. The van der Waals surface area contributed by atoms with Crippen molar-refractivity contribution >= 4 is 0 Å². The van der Waals surface area contributed by atoms with Gasteiger partial charge in [-0.25, -0.2) is 0 Å². The highest BCUT2D eigenvalue weighted by molar-refractivity contribution is 5.15. The first-order valence-corrected chi connectivity index (χ1v) is 6.02. The fourth-order valence-electron chi connectivity index (χ4n) is 2.00. The summed E-state index contributed by atoms with van der Waals surface area (Å²) in [6.45, 7) is 3.61. The van der Waals surface area contributed by atoms with Crippen LogP contribution >= 0.6 is 0 Å². The van der Waals surface area contributed by atoms with Crippen LogP contribution in [0.5, 0.6) is 0 Å². The van der Waals surface area contributed by atoms with Crippen molar-refractivity contribution in [3.8, 4) is 0 Å². The Morgan fingerprint density at radius 3 is 2.89 bits per heavy atom. The molecule has 2 heterocycles. The van der Waals surface area contributed by atoms with Gasteiger partial charge in [-0.1, -0.05) is 0 Å². The van der Waals surface area contributed by atoms with Crippen molar-refractivity contribution < 1.29 is 4.42 Å². The van der Waals surface area contributed by atoms with Gasteiger partial charge in [0.15, 0.2) is 0 Å². The lowest BCUT2D eigenvalue weighted by atomic mass is 10.1. The van der Waals surface area contributed by atoms with E-state index in [4.69, 9.17) is 10.2 Å². The topological polar surface area (TPSA) is 60.2 Å². The van der Waals surface area contributed by atoms with Gasteiger partial charge in [0, 0.05) is 43.5 Å². The maximum absolute atomic E-state index is 6.16. The van der Waals surface area contributed by atoms with E-state index in [-0.39, 0.29) is 6.04 Å². The minimum atomic E-state index is -0.0177. The number of hydrogen-bond acceptors (Lipinski definition) is 4. The van der Waals surface area contributed by atoms with Crippen molar-refractivity contribution in [2.75, 3.05) is 13.6 Å². The molecule has 1 unspecified atom stereocenters. The fraction of sp³-hybridized carbons (Fsp3) is 0.462. The molecule has 0 saturated carbocycles. The third-order valence-corrected chi connectivity index (χ3v) is 3.07. The Balaban J connectivity index is 1.91. The summed E-state index contributed by atoms with van der Waals surface area (Å²) in [4.78, 5) is 2.19. The molecule has 98 valence electrons. The molecule has 0 radical (unpaired) electrons. The van der Waals surface area contributed by atoms with Gasteiger partial charge in [-0.05, 0) is 20.0 Å². The lowest BCUT2D eigenvalue weighted by Gasteiger charge is -2.20. The van der Waals surface area contributed by atoms with Crippen LogP contribution in [-0.2, 0) is 13.6 Å². The summed E-state index contributed by atoms with van der Waals surface area (Å²) in [6.07, 6.45) is 5.50. The molecule has 0 saturated heterocycles. The quantitative estimate of drug-likeness (QED) is 0.870. The van der Waals surface area contributed by atoms with Crippen LogP contribution in [0.4, 0.5) is 0 Å². The molecule has 1 atom stereocenters. The van der Waals surface area contributed by atoms with Gasteiger partial charge in [0.1, 0.15) is 5.76 Å². The molecule has 5 nitrogen and oxygen atoms in total. The Morgan fingerprint density at radius 2 is 2.33 bits per heavy atom. The maximum atomic E-state index is 6.16. The third-order valence-electron chi connectivity index (χ3n) is 3.07. The van der Waals surface area contributed by atoms with Crippen LogP contribution in [0.15, 0.2) is 29.1 Å². The van der Waals surface area contributed by atoms with E-state index in [2.05, 4.69) is 17.0 Å². The van der Waals surface area contributed by atoms with Gasteiger partial charge in [0.2, 0.25) is 0 Å². The molecule has 0 aliphatic heterocycles. The van der Waals surface area contributed by atoms with Gasteiger partial charge in [0.25, 0.3) is 0 Å². The van der Waals surface area contributed by atoms with E-state index in [0.29, 0.717) is 0 Å². The van der Waals surface area contributed by atoms with Crippen molar-refractivity contribution in [2.24, 2.45) is 12.8 Å². The number of aryl methyl sites for hydroxylation is 2. The van der Waals surface area contributed by atoms with Crippen LogP contribution < -0.4 is 5.73 Å². The predicted molar refractivity (Wildman–Crippen MR) is 69.9 cm³/mol. The van der Waals surface area contributed by atoms with Crippen LogP contribution in [0.25, 0.3) is 0 Å². The van der Waals surface area contributed by atoms with Crippen molar-refractivity contribution in [3.05, 3.63) is 41.6 Å². The number of hydrogen-bond donors (Lipinski definition) is 1. The average Bonchev–Trinajstić information content (AvgIpc) is 2.89. The zero-order valence-corrected chi connectivity index (χ0v) is 11.1. The second-order valence-corrected chi connectivity index (χ2v) is 4.75. The van der Waals surface area contributed by atoms with Gasteiger partial charge in [-0.15, -0.1) is 0 Å². The number of rotatable bonds is 5. The van der Waals surface area contributed by atoms with Crippen LogP contribution in [0.2, 0.25) is 0 Å². The molecule has 2 rings (SSSR count). The average molecular weight is 248 g/mol. The van der Waals surface area contributed by atoms with Crippen molar-refractivity contribution in [1.82, 2.24) is 14.7 Å². The second kappa shape index (κ2) is 5.37. The van der Waals surface area contributed by atoms with E-state index in [1.165, 1.54) is 5.56 Å². The number of likely N-dealkylation sites (N-methyl/N-ethyl adjacent to an activating group) is 1. The Hall–Kier alpha value is -1.59. The molecule has 18 heavy (non-hydrogen) atoms. The monoisotopic (exact) mass is 248 g/mol. The minimum Gasteiger partial charge on any atom is -0.469 e. The van der Waals surface area contributed by atoms with Crippen molar-refractivity contribution in [2.45, 2.75) is 19.5 Å². The standard InChI is InChI=1S/C13H20N4O/c1-10-11(4-5-18-10)7-16(2)9-13(14)12-6-15-17(3)8-12/h4-6,8,13H,7,9,14H2,1-3H3. The van der Waals surface area contributed by atoms with E-state index in [1.807, 2.05) is 32.4 Å². The van der Waals surface area contributed by atoms with Gasteiger partial charge in [-0.3, -0.25) is 4.68 Å². The van der Waals surface area contributed by atoms with E-state index in [1.54, 1.807) is 10.9 Å². The van der Waals surface area contributed by atoms with Crippen LogP contribution in [-0.4, -0.2) is 28.3 Å². The van der Waals surface area contributed by atoms with E-state index < -0.39 is 0 Å². The lowest BCUT2D eigenvalue weighted by Crippen LogP contribution is -2.28. The number of furan rings is 1. The molecule has 0 bridgehead atoms. The minimum absolute atomic E-state index is 0.0177. The van der Waals surface area contributed by atoms with Crippen LogP contribution in [0.1, 0.15) is 22.9 Å². The maximum Gasteiger partial charge on any atom is 0.105 e. The third kappa shape index (κ3) is 3.00. The van der Waals surface area contributed by atoms with E-state index in [0.717, 1.165) is 24.4 Å². The van der Waals surface area contributed by atoms with Gasteiger partial charge >= 0.3 is 0 Å². The molecule has 0 aliphatic rings. The summed E-state index contributed by atoms with van der Waals surface area (Å²) >= 11 is 0. The van der Waals surface area contributed by atoms with Crippen molar-refractivity contribution in [3.63, 3.8) is 0 Å². The highest BCUT2D eigenvalue weighted by Gasteiger charge is 2.12. The molecule has 0 amide bonds. The summed E-state index contributed by atoms with van der Waals surface area (Å²) in [5, 5.41) is 4.14. The summed E-state index contributed by atoms with van der Waals surface area (Å²) < 4.78 is 7.06. The van der Waals surface area contributed by atoms with Crippen LogP contribution in [0, 0.1) is 6.92 Å². The zero-order valence-electron chi connectivity index (χ0n) is 11.1. The first-order valence-electron chi connectivity index (χ1n) is 6.02. The Labute approximate surface area is 107 Å². The molecular weight excluding hydrogens is 228 g/mol. The Bertz CT molecular complexity index is 503. The normalized spacial score (nSPS) is 13.2. The Kier molecular flexibility index (Phi) is 3.84. The first kappa shape index (κ1) is 12.9. The predicted octanol–water partition coefficient (Wildman–Crippen LogP) is 1.45. The van der Waals surface area contributed by atoms with Crippen LogP contribution in [0.3, 0.4) is 0 Å². The largest absolute Gasteiger partial charge is 0.469 e. The molecule has 0 aliphatic carbocycles. The molecule has 0 fully saturated rings. The van der Waals surface area contributed by atoms with E-state index >= 15 is 0 Å². The second-order valence-electron chi connectivity index (χ2n) is 4.75. The Morgan fingerprint density at radius 1 is 1.56 bits per heavy atom. The molecule has 2 N–H and O–H groups in total. The molecule has 5 heteroatoms. The highest BCUT2D eigenvalue weighted by Crippen LogP contribution is 2.14. The van der Waals surface area contributed by atoms with Gasteiger partial charge in [-0.2, -0.15) is 5.10 Å². The highest BCUT2D eigenvalue weighted by atomic mass is 16.3.